The highest BCUT2D eigenvalue weighted by Crippen LogP contribution is 2.32. The average Bonchev–Trinajstić information content (AvgIpc) is 3.03. The average molecular weight is 353 g/mol. The number of benzene rings is 2. The first kappa shape index (κ1) is 16.5. The van der Waals surface area contributed by atoms with E-state index in [1.165, 1.54) is 18.3 Å². The van der Waals surface area contributed by atoms with Crippen molar-refractivity contribution >= 4 is 11.6 Å². The van der Waals surface area contributed by atoms with Gasteiger partial charge in [0, 0.05) is 10.6 Å². The van der Waals surface area contributed by atoms with Gasteiger partial charge in [0.15, 0.2) is 0 Å². The molecule has 0 saturated carbocycles. The summed E-state index contributed by atoms with van der Waals surface area (Å²) in [5, 5.41) is 10.8. The van der Waals surface area contributed by atoms with E-state index in [4.69, 9.17) is 11.6 Å². The predicted molar refractivity (Wildman–Crippen MR) is 84.5 cm³/mol. The highest BCUT2D eigenvalue weighted by Gasteiger charge is 2.30. The van der Waals surface area contributed by atoms with Crippen molar-refractivity contribution in [3.8, 4) is 11.3 Å². The molecule has 0 aliphatic rings. The molecule has 1 aromatic heterocycles. The van der Waals surface area contributed by atoms with Crippen LogP contribution in [0.3, 0.4) is 0 Å². The standard InChI is InChI=1S/C17H12ClF3N2O/c18-13-6-2-4-11(8-13)15(24)16-22-9-14(23-16)10-3-1-5-12(7-10)17(19,20)21/h1-9,15,24H,(H,22,23). The van der Waals surface area contributed by atoms with E-state index in [1.807, 2.05) is 0 Å². The molecule has 1 atom stereocenters. The molecule has 7 heteroatoms. The number of hydrogen-bond acceptors (Lipinski definition) is 2. The minimum absolute atomic E-state index is 0.227. The summed E-state index contributed by atoms with van der Waals surface area (Å²) >= 11 is 5.89. The third-order valence-electron chi connectivity index (χ3n) is 3.52. The van der Waals surface area contributed by atoms with Gasteiger partial charge >= 0.3 is 6.18 Å². The molecular formula is C17H12ClF3N2O. The number of rotatable bonds is 3. The molecule has 24 heavy (non-hydrogen) atoms. The van der Waals surface area contributed by atoms with Gasteiger partial charge in [-0.2, -0.15) is 13.2 Å². The molecule has 0 bridgehead atoms. The van der Waals surface area contributed by atoms with Crippen LogP contribution in [-0.4, -0.2) is 15.1 Å². The molecule has 0 aliphatic carbocycles. The van der Waals surface area contributed by atoms with E-state index < -0.39 is 17.8 Å². The molecule has 2 aromatic carbocycles. The molecule has 0 fully saturated rings. The molecule has 3 nitrogen and oxygen atoms in total. The summed E-state index contributed by atoms with van der Waals surface area (Å²) in [7, 11) is 0. The Bertz CT molecular complexity index is 861. The monoisotopic (exact) mass is 352 g/mol. The van der Waals surface area contributed by atoms with Crippen LogP contribution in [0.4, 0.5) is 13.2 Å². The van der Waals surface area contributed by atoms with E-state index in [-0.39, 0.29) is 5.82 Å². The molecule has 1 heterocycles. The number of aromatic amines is 1. The summed E-state index contributed by atoms with van der Waals surface area (Å²) in [4.78, 5) is 6.91. The third kappa shape index (κ3) is 3.44. The summed E-state index contributed by atoms with van der Waals surface area (Å²) < 4.78 is 38.4. The zero-order chi connectivity index (χ0) is 17.3. The first-order chi connectivity index (χ1) is 11.3. The van der Waals surface area contributed by atoms with Gasteiger partial charge < -0.3 is 10.1 Å². The Labute approximate surface area is 140 Å². The predicted octanol–water partition coefficient (Wildman–Crippen LogP) is 4.83. The van der Waals surface area contributed by atoms with Gasteiger partial charge in [-0.3, -0.25) is 0 Å². The van der Waals surface area contributed by atoms with E-state index in [0.717, 1.165) is 12.1 Å². The molecule has 3 aromatic rings. The number of nitrogens with one attached hydrogen (secondary N) is 1. The quantitative estimate of drug-likeness (QED) is 0.709. The van der Waals surface area contributed by atoms with E-state index >= 15 is 0 Å². The van der Waals surface area contributed by atoms with Crippen molar-refractivity contribution < 1.29 is 18.3 Å². The lowest BCUT2D eigenvalue weighted by Gasteiger charge is -2.09. The van der Waals surface area contributed by atoms with Crippen molar-refractivity contribution in [3.63, 3.8) is 0 Å². The molecule has 3 rings (SSSR count). The summed E-state index contributed by atoms with van der Waals surface area (Å²) in [5.74, 6) is 0.227. The number of nitrogens with zero attached hydrogens (tertiary/aromatic N) is 1. The van der Waals surface area contributed by atoms with Crippen molar-refractivity contribution in [2.24, 2.45) is 0 Å². The number of H-pyrrole nitrogens is 1. The van der Waals surface area contributed by atoms with Gasteiger partial charge in [0.25, 0.3) is 0 Å². The zero-order valence-electron chi connectivity index (χ0n) is 12.2. The highest BCUT2D eigenvalue weighted by molar-refractivity contribution is 6.30. The van der Waals surface area contributed by atoms with E-state index in [0.29, 0.717) is 21.8 Å². The van der Waals surface area contributed by atoms with Gasteiger partial charge in [-0.1, -0.05) is 35.9 Å². The molecule has 0 aliphatic heterocycles. The van der Waals surface area contributed by atoms with E-state index in [9.17, 15) is 18.3 Å². The van der Waals surface area contributed by atoms with Gasteiger partial charge in [-0.25, -0.2) is 4.98 Å². The minimum atomic E-state index is -4.42. The van der Waals surface area contributed by atoms with Crippen LogP contribution in [0.25, 0.3) is 11.3 Å². The number of hydrogen-bond donors (Lipinski definition) is 2. The van der Waals surface area contributed by atoms with E-state index in [2.05, 4.69) is 9.97 Å². The minimum Gasteiger partial charge on any atom is -0.380 e. The fourth-order valence-corrected chi connectivity index (χ4v) is 2.52. The number of alkyl halides is 3. The fraction of sp³-hybridized carbons (Fsp3) is 0.118. The topological polar surface area (TPSA) is 48.9 Å². The van der Waals surface area contributed by atoms with Crippen LogP contribution in [0.1, 0.15) is 23.1 Å². The Morgan fingerprint density at radius 1 is 1.08 bits per heavy atom. The fourth-order valence-electron chi connectivity index (χ4n) is 2.32. The van der Waals surface area contributed by atoms with Crippen molar-refractivity contribution in [3.05, 3.63) is 76.7 Å². The van der Waals surface area contributed by atoms with E-state index in [1.54, 1.807) is 24.3 Å². The molecule has 0 saturated heterocycles. The van der Waals surface area contributed by atoms with Crippen LogP contribution in [0.15, 0.2) is 54.7 Å². The van der Waals surface area contributed by atoms with Crippen LogP contribution in [-0.2, 0) is 6.18 Å². The second-order valence-electron chi connectivity index (χ2n) is 5.22. The molecule has 0 radical (unpaired) electrons. The third-order valence-corrected chi connectivity index (χ3v) is 3.75. The second-order valence-corrected chi connectivity index (χ2v) is 5.65. The van der Waals surface area contributed by atoms with Crippen molar-refractivity contribution in [1.29, 1.82) is 0 Å². The summed E-state index contributed by atoms with van der Waals surface area (Å²) in [6, 6.07) is 11.5. The largest absolute Gasteiger partial charge is 0.416 e. The molecule has 124 valence electrons. The van der Waals surface area contributed by atoms with Crippen LogP contribution >= 0.6 is 11.6 Å². The number of aromatic nitrogens is 2. The Hall–Kier alpha value is -2.31. The molecule has 0 spiro atoms. The van der Waals surface area contributed by atoms with Crippen molar-refractivity contribution in [2.45, 2.75) is 12.3 Å². The molecule has 0 amide bonds. The highest BCUT2D eigenvalue weighted by atomic mass is 35.5. The second kappa shape index (κ2) is 6.30. The summed E-state index contributed by atoms with van der Waals surface area (Å²) in [6.07, 6.45) is -4.08. The van der Waals surface area contributed by atoms with Gasteiger partial charge in [0.2, 0.25) is 0 Å². The van der Waals surface area contributed by atoms with Crippen molar-refractivity contribution in [2.75, 3.05) is 0 Å². The molecule has 2 N–H and O–H groups in total. The van der Waals surface area contributed by atoms with Crippen LogP contribution in [0, 0.1) is 0 Å². The first-order valence-electron chi connectivity index (χ1n) is 7.00. The molecular weight excluding hydrogens is 341 g/mol. The number of aliphatic hydroxyl groups excluding tert-OH is 1. The maximum absolute atomic E-state index is 12.8. The Kier molecular flexibility index (Phi) is 4.34. The Balaban J connectivity index is 1.91. The Morgan fingerprint density at radius 2 is 1.83 bits per heavy atom. The number of imidazole rings is 1. The normalized spacial score (nSPS) is 13.0. The van der Waals surface area contributed by atoms with Gasteiger partial charge in [0.1, 0.15) is 11.9 Å². The van der Waals surface area contributed by atoms with Gasteiger partial charge in [0.05, 0.1) is 17.5 Å². The smallest absolute Gasteiger partial charge is 0.380 e. The summed E-state index contributed by atoms with van der Waals surface area (Å²) in [5.41, 5.74) is 0.512. The van der Waals surface area contributed by atoms with Crippen LogP contribution in [0.2, 0.25) is 5.02 Å². The lowest BCUT2D eigenvalue weighted by molar-refractivity contribution is -0.137. The summed E-state index contributed by atoms with van der Waals surface area (Å²) in [6.45, 7) is 0. The maximum atomic E-state index is 12.8. The van der Waals surface area contributed by atoms with Gasteiger partial charge in [-0.15, -0.1) is 0 Å². The lowest BCUT2D eigenvalue weighted by Crippen LogP contribution is -2.04. The van der Waals surface area contributed by atoms with Gasteiger partial charge in [-0.05, 0) is 29.8 Å². The number of aliphatic hydroxyl groups is 1. The number of halogens is 4. The van der Waals surface area contributed by atoms with Crippen molar-refractivity contribution in [1.82, 2.24) is 9.97 Å². The van der Waals surface area contributed by atoms with Crippen LogP contribution in [0.5, 0.6) is 0 Å². The molecule has 1 unspecified atom stereocenters. The Morgan fingerprint density at radius 3 is 2.54 bits per heavy atom. The maximum Gasteiger partial charge on any atom is 0.416 e. The SMILES string of the molecule is OC(c1cccc(Cl)c1)c1ncc(-c2cccc(C(F)(F)F)c2)[nH]1. The zero-order valence-corrected chi connectivity index (χ0v) is 12.9. The first-order valence-corrected chi connectivity index (χ1v) is 7.38. The lowest BCUT2D eigenvalue weighted by atomic mass is 10.1. The van der Waals surface area contributed by atoms with Crippen LogP contribution < -0.4 is 0 Å².